The Morgan fingerprint density at radius 2 is 2.29 bits per heavy atom. The molecule has 3 nitrogen and oxygen atoms in total. The van der Waals surface area contributed by atoms with Crippen LogP contribution in [0.15, 0.2) is 18.3 Å². The van der Waals surface area contributed by atoms with E-state index in [4.69, 9.17) is 5.73 Å². The van der Waals surface area contributed by atoms with E-state index in [0.717, 1.165) is 0 Å². The van der Waals surface area contributed by atoms with Crippen LogP contribution in [0, 0.1) is 0 Å². The molecule has 0 radical (unpaired) electrons. The number of hydrogen-bond acceptors (Lipinski definition) is 2. The zero-order chi connectivity index (χ0) is 10.1. The van der Waals surface area contributed by atoms with Gasteiger partial charge in [0.25, 0.3) is 6.43 Å². The van der Waals surface area contributed by atoms with Crippen LogP contribution in [-0.4, -0.2) is 9.97 Å². The lowest BCUT2D eigenvalue weighted by Gasteiger charge is -1.99. The molecular formula is C9H9F2N3. The second-order valence-electron chi connectivity index (χ2n) is 2.92. The maximum atomic E-state index is 12.7. The fourth-order valence-electron chi connectivity index (χ4n) is 1.51. The zero-order valence-electron chi connectivity index (χ0n) is 7.30. The first kappa shape index (κ1) is 9.08. The molecule has 74 valence electrons. The smallest absolute Gasteiger partial charge is 0.266 e. The third-order valence-corrected chi connectivity index (χ3v) is 2.11. The lowest BCUT2D eigenvalue weighted by atomic mass is 10.2. The quantitative estimate of drug-likeness (QED) is 0.773. The molecule has 14 heavy (non-hydrogen) atoms. The summed E-state index contributed by atoms with van der Waals surface area (Å²) < 4.78 is 25.3. The number of halogens is 2. The molecule has 3 N–H and O–H groups in total. The van der Waals surface area contributed by atoms with Gasteiger partial charge in [-0.15, -0.1) is 0 Å². The van der Waals surface area contributed by atoms with Crippen molar-refractivity contribution in [3.05, 3.63) is 29.6 Å². The topological polar surface area (TPSA) is 54.7 Å². The second kappa shape index (κ2) is 3.34. The summed E-state index contributed by atoms with van der Waals surface area (Å²) in [5.74, 6) is 0. The van der Waals surface area contributed by atoms with Gasteiger partial charge in [-0.2, -0.15) is 0 Å². The van der Waals surface area contributed by atoms with Crippen molar-refractivity contribution in [2.45, 2.75) is 13.0 Å². The third-order valence-electron chi connectivity index (χ3n) is 2.11. The van der Waals surface area contributed by atoms with Crippen LogP contribution in [0.5, 0.6) is 0 Å². The predicted molar refractivity (Wildman–Crippen MR) is 48.9 cm³/mol. The predicted octanol–water partition coefficient (Wildman–Crippen LogP) is 1.96. The average Bonchev–Trinajstić information content (AvgIpc) is 2.55. The molecule has 0 amide bonds. The molecule has 0 saturated heterocycles. The van der Waals surface area contributed by atoms with E-state index >= 15 is 0 Å². The summed E-state index contributed by atoms with van der Waals surface area (Å²) in [6.07, 6.45) is -0.972. The van der Waals surface area contributed by atoms with Crippen molar-refractivity contribution in [3.8, 4) is 0 Å². The summed E-state index contributed by atoms with van der Waals surface area (Å²) >= 11 is 0. The Kier molecular flexibility index (Phi) is 2.17. The molecule has 0 bridgehead atoms. The van der Waals surface area contributed by atoms with Gasteiger partial charge in [-0.05, 0) is 12.1 Å². The SMILES string of the molecule is NCc1[nH]c2ncccc2c1C(F)F. The van der Waals surface area contributed by atoms with Gasteiger partial charge in [0.1, 0.15) is 5.65 Å². The van der Waals surface area contributed by atoms with Gasteiger partial charge in [-0.1, -0.05) is 0 Å². The van der Waals surface area contributed by atoms with Crippen LogP contribution in [0.25, 0.3) is 11.0 Å². The van der Waals surface area contributed by atoms with E-state index in [9.17, 15) is 8.78 Å². The van der Waals surface area contributed by atoms with Crippen molar-refractivity contribution < 1.29 is 8.78 Å². The van der Waals surface area contributed by atoms with Crippen molar-refractivity contribution in [2.24, 2.45) is 5.73 Å². The molecular weight excluding hydrogens is 188 g/mol. The van der Waals surface area contributed by atoms with E-state index in [2.05, 4.69) is 9.97 Å². The fraction of sp³-hybridized carbons (Fsp3) is 0.222. The summed E-state index contributed by atoms with van der Waals surface area (Å²) in [5.41, 5.74) is 6.14. The number of aromatic nitrogens is 2. The molecule has 0 aromatic carbocycles. The number of nitrogens with zero attached hydrogens (tertiary/aromatic N) is 1. The monoisotopic (exact) mass is 197 g/mol. The first-order valence-electron chi connectivity index (χ1n) is 4.17. The van der Waals surface area contributed by atoms with E-state index in [1.54, 1.807) is 18.3 Å². The van der Waals surface area contributed by atoms with Crippen LogP contribution in [0.1, 0.15) is 17.7 Å². The largest absolute Gasteiger partial charge is 0.342 e. The van der Waals surface area contributed by atoms with E-state index in [-0.39, 0.29) is 12.1 Å². The minimum atomic E-state index is -2.52. The molecule has 0 aliphatic heterocycles. The summed E-state index contributed by atoms with van der Waals surface area (Å²) in [4.78, 5) is 6.73. The molecule has 5 heteroatoms. The number of nitrogens with two attached hydrogens (primary N) is 1. The molecule has 0 spiro atoms. The van der Waals surface area contributed by atoms with Gasteiger partial charge in [-0.25, -0.2) is 13.8 Å². The highest BCUT2D eigenvalue weighted by Crippen LogP contribution is 2.29. The van der Waals surface area contributed by atoms with Crippen molar-refractivity contribution in [3.63, 3.8) is 0 Å². The molecule has 2 aromatic heterocycles. The summed E-state index contributed by atoms with van der Waals surface area (Å²) in [6.45, 7) is 0.0655. The van der Waals surface area contributed by atoms with Gasteiger partial charge in [0.05, 0.1) is 0 Å². The number of alkyl halides is 2. The van der Waals surface area contributed by atoms with Gasteiger partial charge in [-0.3, -0.25) is 0 Å². The Balaban J connectivity index is 2.74. The zero-order valence-corrected chi connectivity index (χ0v) is 7.30. The van der Waals surface area contributed by atoms with Gasteiger partial charge < -0.3 is 10.7 Å². The van der Waals surface area contributed by atoms with Crippen molar-refractivity contribution in [2.75, 3.05) is 0 Å². The molecule has 0 aliphatic rings. The minimum Gasteiger partial charge on any atom is -0.342 e. The Hall–Kier alpha value is -1.49. The van der Waals surface area contributed by atoms with Gasteiger partial charge >= 0.3 is 0 Å². The Labute approximate surface area is 78.9 Å². The molecule has 2 aromatic rings. The number of rotatable bonds is 2. The minimum absolute atomic E-state index is 0.0319. The summed E-state index contributed by atoms with van der Waals surface area (Å²) in [7, 11) is 0. The maximum absolute atomic E-state index is 12.7. The highest BCUT2D eigenvalue weighted by atomic mass is 19.3. The highest BCUT2D eigenvalue weighted by Gasteiger charge is 2.18. The molecule has 0 saturated carbocycles. The normalized spacial score (nSPS) is 11.4. The van der Waals surface area contributed by atoms with Crippen LogP contribution in [0.4, 0.5) is 8.78 Å². The lowest BCUT2D eigenvalue weighted by molar-refractivity contribution is 0.152. The maximum Gasteiger partial charge on any atom is 0.266 e. The number of nitrogens with one attached hydrogen (secondary N) is 1. The van der Waals surface area contributed by atoms with Gasteiger partial charge in [0.15, 0.2) is 0 Å². The Morgan fingerprint density at radius 3 is 2.93 bits per heavy atom. The van der Waals surface area contributed by atoms with E-state index in [1.807, 2.05) is 0 Å². The molecule has 0 atom stereocenters. The van der Waals surface area contributed by atoms with Crippen molar-refractivity contribution in [1.82, 2.24) is 9.97 Å². The van der Waals surface area contributed by atoms with E-state index in [0.29, 0.717) is 16.7 Å². The summed E-state index contributed by atoms with van der Waals surface area (Å²) in [6, 6.07) is 3.24. The van der Waals surface area contributed by atoms with Crippen molar-refractivity contribution in [1.29, 1.82) is 0 Å². The highest BCUT2D eigenvalue weighted by molar-refractivity contribution is 5.81. The van der Waals surface area contributed by atoms with E-state index < -0.39 is 6.43 Å². The Morgan fingerprint density at radius 1 is 1.50 bits per heavy atom. The van der Waals surface area contributed by atoms with Crippen LogP contribution < -0.4 is 5.73 Å². The second-order valence-corrected chi connectivity index (χ2v) is 2.92. The fourth-order valence-corrected chi connectivity index (χ4v) is 1.51. The number of hydrogen-bond donors (Lipinski definition) is 2. The van der Waals surface area contributed by atoms with Crippen LogP contribution in [-0.2, 0) is 6.54 Å². The number of H-pyrrole nitrogens is 1. The van der Waals surface area contributed by atoms with Gasteiger partial charge in [0.2, 0.25) is 0 Å². The van der Waals surface area contributed by atoms with Crippen LogP contribution >= 0.6 is 0 Å². The summed E-state index contributed by atoms with van der Waals surface area (Å²) in [5, 5.41) is 0.447. The first-order chi connectivity index (χ1) is 6.74. The van der Waals surface area contributed by atoms with Gasteiger partial charge in [0, 0.05) is 29.4 Å². The number of fused-ring (bicyclic) bond motifs is 1. The number of aromatic amines is 1. The average molecular weight is 197 g/mol. The van der Waals surface area contributed by atoms with Crippen LogP contribution in [0.2, 0.25) is 0 Å². The van der Waals surface area contributed by atoms with Crippen LogP contribution in [0.3, 0.4) is 0 Å². The first-order valence-corrected chi connectivity index (χ1v) is 4.17. The molecule has 0 fully saturated rings. The third kappa shape index (κ3) is 1.26. The standard InChI is InChI=1S/C9H9F2N3/c10-8(11)7-5-2-1-3-13-9(5)14-6(7)4-12/h1-3,8H,4,12H2,(H,13,14). The Bertz CT molecular complexity index is 450. The lowest BCUT2D eigenvalue weighted by Crippen LogP contribution is -2.00. The molecule has 2 rings (SSSR count). The van der Waals surface area contributed by atoms with Crippen molar-refractivity contribution >= 4 is 11.0 Å². The molecule has 0 aliphatic carbocycles. The number of pyridine rings is 1. The van der Waals surface area contributed by atoms with E-state index in [1.165, 1.54) is 0 Å². The molecule has 2 heterocycles. The molecule has 0 unspecified atom stereocenters.